The number of esters is 1. The van der Waals surface area contributed by atoms with Crippen LogP contribution in [0.2, 0.25) is 0 Å². The quantitative estimate of drug-likeness (QED) is 0.153. The number of ether oxygens (including phenoxy) is 2. The van der Waals surface area contributed by atoms with Crippen molar-refractivity contribution in [3.8, 4) is 0 Å². The lowest BCUT2D eigenvalue weighted by molar-refractivity contribution is -0.300. The molecular weight excluding hydrogens is 636 g/mol. The van der Waals surface area contributed by atoms with Gasteiger partial charge in [-0.05, 0) is 97.7 Å². The Morgan fingerprint density at radius 1 is 0.878 bits per heavy atom. The number of carbonyl (C=O) groups is 1. The fraction of sp³-hybridized carbons (Fsp3) is 0.973. The molecule has 18 atom stereocenters. The molecule has 5 saturated carbocycles. The lowest BCUT2D eigenvalue weighted by Gasteiger charge is -2.64. The van der Waals surface area contributed by atoms with E-state index in [2.05, 4.69) is 20.8 Å². The summed E-state index contributed by atoms with van der Waals surface area (Å²) < 4.78 is 11.2. The molecule has 0 aromatic heterocycles. The molecule has 18 unspecified atom stereocenters. The lowest BCUT2D eigenvalue weighted by Crippen LogP contribution is -2.65. The minimum absolute atomic E-state index is 0.00525. The molecule has 0 bridgehead atoms. The molecule has 6 rings (SSSR count). The monoisotopic (exact) mass is 698 g/mol. The van der Waals surface area contributed by atoms with E-state index < -0.39 is 90.5 Å². The SMILES string of the molecule is CC(C(O)CC(O)(CO)C(C)C)C1CCC2(C)C3CCC4C(C)(C(=O)OC5OC(CO)C(O)C(O)C5O)C(O)CC(O)C45CC35CCC12C. The second-order valence-electron chi connectivity index (χ2n) is 18.2. The van der Waals surface area contributed by atoms with E-state index in [-0.39, 0.29) is 52.8 Å². The summed E-state index contributed by atoms with van der Waals surface area (Å²) in [6, 6.07) is 0. The molecule has 9 N–H and O–H groups in total. The number of hydrogen-bond acceptors (Lipinski definition) is 12. The predicted octanol–water partition coefficient (Wildman–Crippen LogP) is 0.847. The summed E-state index contributed by atoms with van der Waals surface area (Å²) >= 11 is 0. The second-order valence-corrected chi connectivity index (χ2v) is 18.2. The van der Waals surface area contributed by atoms with Gasteiger partial charge < -0.3 is 55.4 Å². The Morgan fingerprint density at radius 3 is 2.14 bits per heavy atom. The number of rotatable bonds is 9. The third-order valence-corrected chi connectivity index (χ3v) is 16.5. The summed E-state index contributed by atoms with van der Waals surface area (Å²) in [4.78, 5) is 14.1. The Morgan fingerprint density at radius 2 is 1.53 bits per heavy atom. The molecule has 6 fully saturated rings. The Kier molecular flexibility index (Phi) is 9.50. The van der Waals surface area contributed by atoms with Crippen molar-refractivity contribution in [2.45, 2.75) is 154 Å². The molecule has 2 spiro atoms. The molecule has 49 heavy (non-hydrogen) atoms. The summed E-state index contributed by atoms with van der Waals surface area (Å²) in [6.07, 6.45) is -4.98. The number of aliphatic hydroxyl groups is 9. The minimum atomic E-state index is -1.76. The van der Waals surface area contributed by atoms with E-state index in [1.807, 2.05) is 13.8 Å². The molecule has 0 aromatic carbocycles. The number of fused-ring (bicyclic) bond motifs is 2. The molecule has 5 aliphatic carbocycles. The molecule has 0 amide bonds. The number of aliphatic hydroxyl groups excluding tert-OH is 8. The number of hydrogen-bond donors (Lipinski definition) is 9. The number of carbonyl (C=O) groups excluding carboxylic acids is 1. The zero-order valence-electron chi connectivity index (χ0n) is 30.0. The van der Waals surface area contributed by atoms with Crippen LogP contribution in [-0.4, -0.2) is 120 Å². The topological polar surface area (TPSA) is 218 Å². The molecule has 0 aromatic rings. The van der Waals surface area contributed by atoms with Gasteiger partial charge in [-0.1, -0.05) is 34.6 Å². The van der Waals surface area contributed by atoms with Crippen molar-refractivity contribution in [3.05, 3.63) is 0 Å². The Hall–Kier alpha value is -0.930. The average molecular weight is 699 g/mol. The van der Waals surface area contributed by atoms with Gasteiger partial charge in [0.1, 0.15) is 24.4 Å². The summed E-state index contributed by atoms with van der Waals surface area (Å²) in [7, 11) is 0. The molecule has 0 radical (unpaired) electrons. The Balaban J connectivity index is 1.25. The zero-order valence-corrected chi connectivity index (χ0v) is 30.0. The molecule has 282 valence electrons. The fourth-order valence-corrected chi connectivity index (χ4v) is 12.9. The van der Waals surface area contributed by atoms with E-state index in [9.17, 15) is 50.8 Å². The Labute approximate surface area is 289 Å². The summed E-state index contributed by atoms with van der Waals surface area (Å²) in [5.74, 6) is -1.07. The first-order valence-electron chi connectivity index (χ1n) is 18.6. The van der Waals surface area contributed by atoms with Crippen molar-refractivity contribution in [3.63, 3.8) is 0 Å². The van der Waals surface area contributed by atoms with Crippen molar-refractivity contribution in [1.29, 1.82) is 0 Å². The summed E-state index contributed by atoms with van der Waals surface area (Å²) in [5.41, 5.74) is -3.86. The van der Waals surface area contributed by atoms with Crippen LogP contribution in [0.1, 0.15) is 99.3 Å². The van der Waals surface area contributed by atoms with Crippen LogP contribution in [0.15, 0.2) is 0 Å². The largest absolute Gasteiger partial charge is 0.432 e. The highest BCUT2D eigenvalue weighted by molar-refractivity contribution is 5.78. The third kappa shape index (κ3) is 4.94. The molecule has 1 heterocycles. The van der Waals surface area contributed by atoms with Crippen LogP contribution in [0.25, 0.3) is 0 Å². The predicted molar refractivity (Wildman–Crippen MR) is 175 cm³/mol. The van der Waals surface area contributed by atoms with Crippen LogP contribution in [0.3, 0.4) is 0 Å². The molecule has 6 aliphatic rings. The van der Waals surface area contributed by atoms with Crippen LogP contribution in [0, 0.1) is 56.7 Å². The van der Waals surface area contributed by atoms with Crippen molar-refractivity contribution in [2.75, 3.05) is 13.2 Å². The highest BCUT2D eigenvalue weighted by Crippen LogP contribution is 2.89. The second kappa shape index (κ2) is 12.3. The molecule has 12 nitrogen and oxygen atoms in total. The van der Waals surface area contributed by atoms with Gasteiger partial charge in [-0.15, -0.1) is 0 Å². The first kappa shape index (κ1) is 37.8. The van der Waals surface area contributed by atoms with Crippen molar-refractivity contribution in [1.82, 2.24) is 0 Å². The normalized spacial score (nSPS) is 53.0. The van der Waals surface area contributed by atoms with E-state index in [0.29, 0.717) is 6.42 Å². The highest BCUT2D eigenvalue weighted by Gasteiger charge is 2.86. The van der Waals surface area contributed by atoms with E-state index in [1.165, 1.54) is 0 Å². The van der Waals surface area contributed by atoms with Crippen LogP contribution in [-0.2, 0) is 14.3 Å². The maximum atomic E-state index is 14.1. The third-order valence-electron chi connectivity index (χ3n) is 16.5. The van der Waals surface area contributed by atoms with Gasteiger partial charge in [-0.2, -0.15) is 0 Å². The van der Waals surface area contributed by atoms with Gasteiger partial charge in [0.15, 0.2) is 0 Å². The highest BCUT2D eigenvalue weighted by atomic mass is 16.7. The van der Waals surface area contributed by atoms with Gasteiger partial charge >= 0.3 is 5.97 Å². The van der Waals surface area contributed by atoms with Crippen molar-refractivity contribution in [2.24, 2.45) is 56.7 Å². The van der Waals surface area contributed by atoms with Gasteiger partial charge in [0.05, 0.1) is 42.5 Å². The first-order valence-corrected chi connectivity index (χ1v) is 18.6. The lowest BCUT2D eigenvalue weighted by atomic mass is 9.41. The molecule has 12 heteroatoms. The smallest absolute Gasteiger partial charge is 0.317 e. The van der Waals surface area contributed by atoms with E-state index >= 15 is 0 Å². The van der Waals surface area contributed by atoms with Crippen molar-refractivity contribution < 1.29 is 60.2 Å². The van der Waals surface area contributed by atoms with Crippen LogP contribution in [0.4, 0.5) is 0 Å². The fourth-order valence-electron chi connectivity index (χ4n) is 12.9. The van der Waals surface area contributed by atoms with Gasteiger partial charge in [0, 0.05) is 18.3 Å². The van der Waals surface area contributed by atoms with E-state index in [4.69, 9.17) is 9.47 Å². The maximum Gasteiger partial charge on any atom is 0.317 e. The van der Waals surface area contributed by atoms with Crippen molar-refractivity contribution >= 4 is 5.97 Å². The summed E-state index contributed by atoms with van der Waals surface area (Å²) in [5, 5.41) is 96.5. The van der Waals surface area contributed by atoms with E-state index in [1.54, 1.807) is 6.92 Å². The van der Waals surface area contributed by atoms with Crippen LogP contribution >= 0.6 is 0 Å². The van der Waals surface area contributed by atoms with Gasteiger partial charge in [0.2, 0.25) is 6.29 Å². The standard InChI is InChI=1S/C37H62O12/c1-18(2)36(47,17-39)14-21(40)19(3)20-9-10-33(5)23-7-8-24-34(6,31(46)49-30-29(45)28(44)27(43)22(15-38)48-30)25(41)13-26(42)37(24)16-35(23,37)12-11-32(20,33)4/h18-30,38-45,47H,7-17H2,1-6H3. The Bertz CT molecular complexity index is 1260. The molecular formula is C37H62O12. The van der Waals surface area contributed by atoms with Crippen LogP contribution < -0.4 is 0 Å². The molecule has 1 aliphatic heterocycles. The van der Waals surface area contributed by atoms with Crippen LogP contribution in [0.5, 0.6) is 0 Å². The van der Waals surface area contributed by atoms with Gasteiger partial charge in [-0.3, -0.25) is 4.79 Å². The zero-order chi connectivity index (χ0) is 36.3. The van der Waals surface area contributed by atoms with Gasteiger partial charge in [-0.25, -0.2) is 0 Å². The first-order chi connectivity index (χ1) is 22.8. The van der Waals surface area contributed by atoms with Gasteiger partial charge in [0.25, 0.3) is 0 Å². The molecule has 1 saturated heterocycles. The minimum Gasteiger partial charge on any atom is -0.432 e. The van der Waals surface area contributed by atoms with E-state index in [0.717, 1.165) is 38.5 Å². The average Bonchev–Trinajstić information content (AvgIpc) is 3.68. The maximum absolute atomic E-state index is 14.1. The summed E-state index contributed by atoms with van der Waals surface area (Å²) in [6.45, 7) is 11.1.